The van der Waals surface area contributed by atoms with Crippen molar-refractivity contribution < 1.29 is 9.53 Å². The maximum atomic E-state index is 12.2. The highest BCUT2D eigenvalue weighted by Crippen LogP contribution is 2.31. The average Bonchev–Trinajstić information content (AvgIpc) is 3.01. The average molecular weight is 299 g/mol. The van der Waals surface area contributed by atoms with E-state index < -0.39 is 0 Å². The third kappa shape index (κ3) is 3.03. The molecule has 118 valence electrons. The Labute approximate surface area is 132 Å². The summed E-state index contributed by atoms with van der Waals surface area (Å²) in [4.78, 5) is 15.6. The van der Waals surface area contributed by atoms with Crippen molar-refractivity contribution >= 4 is 16.9 Å². The van der Waals surface area contributed by atoms with Crippen LogP contribution in [0.4, 0.5) is 0 Å². The summed E-state index contributed by atoms with van der Waals surface area (Å²) in [5, 5.41) is 1.24. The monoisotopic (exact) mass is 299 g/mol. The van der Waals surface area contributed by atoms with Gasteiger partial charge in [-0.25, -0.2) is 0 Å². The molecule has 0 spiro atoms. The molecule has 1 saturated heterocycles. The normalized spacial score (nSPS) is 21.5. The Balaban J connectivity index is 1.70. The predicted molar refractivity (Wildman–Crippen MR) is 88.9 cm³/mol. The summed E-state index contributed by atoms with van der Waals surface area (Å²) in [6.07, 6.45) is 6.41. The zero-order valence-corrected chi connectivity index (χ0v) is 13.5. The van der Waals surface area contributed by atoms with Gasteiger partial charge in [0.25, 0.3) is 0 Å². The Morgan fingerprint density at radius 3 is 2.91 bits per heavy atom. The molecule has 2 aromatic rings. The predicted octanol–water partition coefficient (Wildman–Crippen LogP) is 4.53. The zero-order chi connectivity index (χ0) is 15.5. The molecular weight excluding hydrogens is 274 g/mol. The first-order valence-corrected chi connectivity index (χ1v) is 8.45. The first-order valence-electron chi connectivity index (χ1n) is 8.45. The van der Waals surface area contributed by atoms with E-state index in [1.54, 1.807) is 0 Å². The van der Waals surface area contributed by atoms with Crippen LogP contribution in [0.1, 0.15) is 50.3 Å². The number of hydrogen-bond acceptors (Lipinski definition) is 2. The topological polar surface area (TPSA) is 42.1 Å². The molecule has 1 fully saturated rings. The largest absolute Gasteiger partial charge is 0.462 e. The minimum atomic E-state index is -0.00817. The highest BCUT2D eigenvalue weighted by Gasteiger charge is 2.34. The Kier molecular flexibility index (Phi) is 4.51. The molecule has 22 heavy (non-hydrogen) atoms. The van der Waals surface area contributed by atoms with E-state index in [1.807, 2.05) is 6.07 Å². The lowest BCUT2D eigenvalue weighted by molar-refractivity contribution is -0.144. The third-order valence-corrected chi connectivity index (χ3v) is 4.77. The highest BCUT2D eigenvalue weighted by molar-refractivity contribution is 5.85. The number of aromatic amines is 1. The third-order valence-electron chi connectivity index (χ3n) is 4.77. The van der Waals surface area contributed by atoms with Gasteiger partial charge in [0.1, 0.15) is 6.10 Å². The van der Waals surface area contributed by atoms with Gasteiger partial charge >= 0.3 is 5.97 Å². The minimum Gasteiger partial charge on any atom is -0.462 e. The maximum absolute atomic E-state index is 12.2. The van der Waals surface area contributed by atoms with Gasteiger partial charge in [0, 0.05) is 16.6 Å². The Morgan fingerprint density at radius 2 is 2.09 bits per heavy atom. The van der Waals surface area contributed by atoms with E-state index in [0.717, 1.165) is 31.2 Å². The van der Waals surface area contributed by atoms with Crippen molar-refractivity contribution in [2.75, 3.05) is 0 Å². The number of benzene rings is 1. The summed E-state index contributed by atoms with van der Waals surface area (Å²) in [7, 11) is 0. The molecular formula is C19H25NO2. The summed E-state index contributed by atoms with van der Waals surface area (Å²) >= 11 is 0. The second kappa shape index (κ2) is 6.55. The van der Waals surface area contributed by atoms with Crippen molar-refractivity contribution in [3.05, 3.63) is 35.5 Å². The van der Waals surface area contributed by atoms with E-state index in [0.29, 0.717) is 0 Å². The number of unbranched alkanes of at least 4 members (excludes halogenated alkanes) is 2. The van der Waals surface area contributed by atoms with Crippen LogP contribution in [-0.4, -0.2) is 17.1 Å². The molecule has 1 aliphatic rings. The van der Waals surface area contributed by atoms with E-state index in [2.05, 4.69) is 37.0 Å². The molecule has 0 bridgehead atoms. The molecule has 1 aromatic heterocycles. The van der Waals surface area contributed by atoms with Gasteiger partial charge in [-0.2, -0.15) is 0 Å². The number of fused-ring (bicyclic) bond motifs is 1. The lowest BCUT2D eigenvalue weighted by atomic mass is 9.93. The fourth-order valence-electron chi connectivity index (χ4n) is 3.53. The number of aromatic nitrogens is 1. The molecule has 2 heterocycles. The number of carbonyl (C=O) groups excluding carboxylic acids is 1. The lowest BCUT2D eigenvalue weighted by Crippen LogP contribution is -2.11. The molecule has 3 nitrogen and oxygen atoms in total. The smallest absolute Gasteiger partial charge is 0.309 e. The maximum Gasteiger partial charge on any atom is 0.309 e. The van der Waals surface area contributed by atoms with Gasteiger partial charge in [-0.3, -0.25) is 4.79 Å². The van der Waals surface area contributed by atoms with Crippen LogP contribution >= 0.6 is 0 Å². The van der Waals surface area contributed by atoms with Gasteiger partial charge in [0.2, 0.25) is 0 Å². The number of hydrogen-bond donors (Lipinski definition) is 1. The standard InChI is InChI=1S/C19H25NO2/c1-3-4-5-8-15-11-14(19(21)22-15)12-17-13(2)20-18-10-7-6-9-16(17)18/h6-7,9-10,14-15,20H,3-5,8,11-12H2,1-2H3. The quantitative estimate of drug-likeness (QED) is 0.629. The lowest BCUT2D eigenvalue weighted by Gasteiger charge is -2.07. The van der Waals surface area contributed by atoms with Crippen LogP contribution < -0.4 is 0 Å². The number of nitrogens with one attached hydrogen (secondary N) is 1. The van der Waals surface area contributed by atoms with Gasteiger partial charge in [0.05, 0.1) is 5.92 Å². The molecule has 3 rings (SSSR count). The van der Waals surface area contributed by atoms with E-state index in [4.69, 9.17) is 4.74 Å². The summed E-state index contributed by atoms with van der Waals surface area (Å²) < 4.78 is 5.57. The zero-order valence-electron chi connectivity index (χ0n) is 13.5. The molecule has 2 atom stereocenters. The Bertz CT molecular complexity index is 658. The van der Waals surface area contributed by atoms with Crippen LogP contribution in [-0.2, 0) is 16.0 Å². The van der Waals surface area contributed by atoms with Crippen molar-refractivity contribution in [3.8, 4) is 0 Å². The van der Waals surface area contributed by atoms with Crippen molar-refractivity contribution in [3.63, 3.8) is 0 Å². The number of H-pyrrole nitrogens is 1. The van der Waals surface area contributed by atoms with Gasteiger partial charge < -0.3 is 9.72 Å². The summed E-state index contributed by atoms with van der Waals surface area (Å²) in [5.41, 5.74) is 3.59. The number of carbonyl (C=O) groups is 1. The molecule has 2 unspecified atom stereocenters. The molecule has 3 heteroatoms. The molecule has 0 amide bonds. The van der Waals surface area contributed by atoms with E-state index in [1.165, 1.54) is 29.5 Å². The number of rotatable bonds is 6. The van der Waals surface area contributed by atoms with Crippen molar-refractivity contribution in [2.24, 2.45) is 5.92 Å². The number of ether oxygens (including phenoxy) is 1. The SMILES string of the molecule is CCCCCC1CC(Cc2c(C)[nH]c3ccccc23)C(=O)O1. The van der Waals surface area contributed by atoms with Crippen molar-refractivity contribution in [1.29, 1.82) is 0 Å². The van der Waals surface area contributed by atoms with Crippen LogP contribution in [0, 0.1) is 12.8 Å². The van der Waals surface area contributed by atoms with E-state index in [9.17, 15) is 4.79 Å². The van der Waals surface area contributed by atoms with Crippen molar-refractivity contribution in [1.82, 2.24) is 4.98 Å². The van der Waals surface area contributed by atoms with Crippen LogP contribution in [0.5, 0.6) is 0 Å². The fourth-order valence-corrected chi connectivity index (χ4v) is 3.53. The number of esters is 1. The molecule has 0 saturated carbocycles. The Morgan fingerprint density at radius 1 is 1.27 bits per heavy atom. The van der Waals surface area contributed by atoms with E-state index in [-0.39, 0.29) is 18.0 Å². The van der Waals surface area contributed by atoms with Crippen LogP contribution in [0.2, 0.25) is 0 Å². The summed E-state index contributed by atoms with van der Waals surface area (Å²) in [6.45, 7) is 4.29. The van der Waals surface area contributed by atoms with Crippen LogP contribution in [0.25, 0.3) is 10.9 Å². The first kappa shape index (κ1) is 15.1. The minimum absolute atomic E-state index is 0.00817. The Hall–Kier alpha value is -1.77. The number of cyclic esters (lactones) is 1. The summed E-state index contributed by atoms with van der Waals surface area (Å²) in [5.74, 6) is 0.00992. The summed E-state index contributed by atoms with van der Waals surface area (Å²) in [6, 6.07) is 8.31. The first-order chi connectivity index (χ1) is 10.7. The molecule has 1 N–H and O–H groups in total. The number of aryl methyl sites for hydroxylation is 1. The van der Waals surface area contributed by atoms with E-state index >= 15 is 0 Å². The van der Waals surface area contributed by atoms with Gasteiger partial charge in [-0.1, -0.05) is 38.0 Å². The number of para-hydroxylation sites is 1. The van der Waals surface area contributed by atoms with Crippen LogP contribution in [0.15, 0.2) is 24.3 Å². The second-order valence-electron chi connectivity index (χ2n) is 6.47. The van der Waals surface area contributed by atoms with Gasteiger partial charge in [-0.05, 0) is 44.2 Å². The fraction of sp³-hybridized carbons (Fsp3) is 0.526. The molecule has 0 aliphatic carbocycles. The second-order valence-corrected chi connectivity index (χ2v) is 6.47. The molecule has 0 radical (unpaired) electrons. The highest BCUT2D eigenvalue weighted by atomic mass is 16.5. The molecule has 1 aromatic carbocycles. The van der Waals surface area contributed by atoms with Crippen LogP contribution in [0.3, 0.4) is 0 Å². The van der Waals surface area contributed by atoms with Crippen molar-refractivity contribution in [2.45, 2.75) is 58.5 Å². The van der Waals surface area contributed by atoms with Gasteiger partial charge in [0.15, 0.2) is 0 Å². The molecule has 1 aliphatic heterocycles. The van der Waals surface area contributed by atoms with Gasteiger partial charge in [-0.15, -0.1) is 0 Å².